The number of methoxy groups -OCH3 is 2. The second kappa shape index (κ2) is 19.2. The first-order chi connectivity index (χ1) is 31.7. The average molecular weight is 909 g/mol. The first kappa shape index (κ1) is 46.2. The maximum absolute atomic E-state index is 14.1. The summed E-state index contributed by atoms with van der Waals surface area (Å²) in [5.41, 5.74) is 5.57. The summed E-state index contributed by atoms with van der Waals surface area (Å²) >= 11 is 0. The maximum Gasteiger partial charge on any atom is 0.407 e. The van der Waals surface area contributed by atoms with Crippen LogP contribution in [0.3, 0.4) is 0 Å². The van der Waals surface area contributed by atoms with E-state index in [4.69, 9.17) is 19.4 Å². The van der Waals surface area contributed by atoms with Crippen LogP contribution >= 0.6 is 0 Å². The minimum atomic E-state index is -2.99. The summed E-state index contributed by atoms with van der Waals surface area (Å²) < 4.78 is 39.5. The van der Waals surface area contributed by atoms with Gasteiger partial charge in [-0.25, -0.2) is 19.6 Å². The van der Waals surface area contributed by atoms with Crippen molar-refractivity contribution in [2.75, 3.05) is 27.4 Å². The highest BCUT2D eigenvalue weighted by Crippen LogP contribution is 2.58. The Labute approximate surface area is 382 Å². The monoisotopic (exact) mass is 908 g/mol. The van der Waals surface area contributed by atoms with E-state index in [1.165, 1.54) is 14.2 Å². The fourth-order valence-corrected chi connectivity index (χ4v) is 9.84. The van der Waals surface area contributed by atoms with E-state index >= 15 is 0 Å². The lowest BCUT2D eigenvalue weighted by atomic mass is 9.98. The second-order valence-electron chi connectivity index (χ2n) is 18.3. The highest BCUT2D eigenvalue weighted by Gasteiger charge is 2.55. The van der Waals surface area contributed by atoms with Gasteiger partial charge in [0.2, 0.25) is 11.8 Å². The first-order valence-electron chi connectivity index (χ1n) is 22.7. The van der Waals surface area contributed by atoms with Crippen molar-refractivity contribution in [2.45, 2.75) is 103 Å². The van der Waals surface area contributed by atoms with Gasteiger partial charge in [0.1, 0.15) is 23.7 Å². The van der Waals surface area contributed by atoms with Crippen molar-refractivity contribution in [3.05, 3.63) is 84.7 Å². The van der Waals surface area contributed by atoms with Crippen LogP contribution < -0.4 is 10.6 Å². The lowest BCUT2D eigenvalue weighted by Gasteiger charge is -2.34. The molecule has 4 amide bonds. The van der Waals surface area contributed by atoms with Crippen LogP contribution in [0.5, 0.6) is 0 Å². The number of imidazole rings is 2. The number of carbonyl (C=O) groups is 4. The Morgan fingerprint density at radius 1 is 0.818 bits per heavy atom. The number of nitrogens with zero attached hydrogens (tertiary/aromatic N) is 4. The van der Waals surface area contributed by atoms with Crippen LogP contribution in [-0.4, -0.2) is 106 Å². The Balaban J connectivity index is 0.962. The van der Waals surface area contributed by atoms with Gasteiger partial charge in [-0.05, 0) is 89.0 Å². The number of benzene rings is 3. The third-order valence-corrected chi connectivity index (χ3v) is 13.6. The number of likely N-dealkylation sites (tertiary alicyclic amines) is 2. The fraction of sp³-hybridized carbons (Fsp3) is 0.469. The van der Waals surface area contributed by atoms with E-state index in [1.807, 2.05) is 31.0 Å². The summed E-state index contributed by atoms with van der Waals surface area (Å²) in [6.07, 6.45) is 6.21. The van der Waals surface area contributed by atoms with E-state index in [0.29, 0.717) is 24.6 Å². The molecule has 1 spiro atoms. The lowest BCUT2D eigenvalue weighted by Crippen LogP contribution is -2.53. The molecule has 0 radical (unpaired) electrons. The number of nitrogens with one attached hydrogen (secondary N) is 4. The number of hydrogen-bond donors (Lipinski definition) is 4. The molecule has 8 rings (SSSR count). The molecule has 3 aliphatic rings. The maximum atomic E-state index is 14.1. The lowest BCUT2D eigenvalue weighted by molar-refractivity contribution is -0.141. The Hall–Kier alpha value is -6.36. The highest BCUT2D eigenvalue weighted by atomic mass is 19.3. The molecule has 1 saturated carbocycles. The van der Waals surface area contributed by atoms with Crippen molar-refractivity contribution in [1.82, 2.24) is 40.4 Å². The van der Waals surface area contributed by atoms with Gasteiger partial charge in [0.25, 0.3) is 0 Å². The van der Waals surface area contributed by atoms with E-state index in [-0.39, 0.29) is 47.7 Å². The molecule has 2 saturated heterocycles. The SMILES string of the molecule is CC[C@@H]1C[C@H](C)[C@@H](c2ncc(-c3ccc(-c4ccc5cc(-c6cnc([C@@H]7CC8(CC8)CN7C(=O)[C@H](CCOC(F)F)NC(=O)OC)[nH]6)ccc5c4)cc3)[nH]2)N1C(=O)[C@@H](NC(=O)OC)C(C)C. The summed E-state index contributed by atoms with van der Waals surface area (Å²) in [5, 5.41) is 7.34. The molecule has 5 aromatic rings. The number of aromatic amines is 2. The number of halogens is 2. The average Bonchev–Trinajstić information content (AvgIpc) is 3.75. The van der Waals surface area contributed by atoms with E-state index in [2.05, 4.69) is 93.8 Å². The van der Waals surface area contributed by atoms with Crippen molar-refractivity contribution in [1.29, 1.82) is 0 Å². The molecule has 3 fully saturated rings. The molecule has 0 bridgehead atoms. The molecule has 2 aromatic heterocycles. The van der Waals surface area contributed by atoms with Crippen LogP contribution in [0.25, 0.3) is 44.4 Å². The number of H-pyrrole nitrogens is 2. The number of ether oxygens (including phenoxy) is 3. The predicted octanol–water partition coefficient (Wildman–Crippen LogP) is 8.76. The molecule has 350 valence electrons. The van der Waals surface area contributed by atoms with E-state index in [9.17, 15) is 28.0 Å². The number of alkyl halides is 2. The van der Waals surface area contributed by atoms with Crippen LogP contribution in [0.2, 0.25) is 0 Å². The molecule has 66 heavy (non-hydrogen) atoms. The normalized spacial score (nSPS) is 20.8. The molecular formula is C49H58F2N8O7. The van der Waals surface area contributed by atoms with Crippen molar-refractivity contribution in [2.24, 2.45) is 17.3 Å². The van der Waals surface area contributed by atoms with Crippen molar-refractivity contribution >= 4 is 34.8 Å². The molecular weight excluding hydrogens is 851 g/mol. The summed E-state index contributed by atoms with van der Waals surface area (Å²) in [6, 6.07) is 18.3. The third kappa shape index (κ3) is 9.62. The van der Waals surface area contributed by atoms with Crippen molar-refractivity contribution in [3.63, 3.8) is 0 Å². The van der Waals surface area contributed by atoms with Gasteiger partial charge < -0.3 is 44.6 Å². The third-order valence-electron chi connectivity index (χ3n) is 13.6. The van der Waals surface area contributed by atoms with Gasteiger partial charge in [-0.3, -0.25) is 9.59 Å². The molecule has 17 heteroatoms. The molecule has 2 aliphatic heterocycles. The van der Waals surface area contributed by atoms with Crippen molar-refractivity contribution in [3.8, 4) is 33.6 Å². The quantitative estimate of drug-likeness (QED) is 0.0798. The van der Waals surface area contributed by atoms with E-state index < -0.39 is 43.4 Å². The molecule has 0 unspecified atom stereocenters. The summed E-state index contributed by atoms with van der Waals surface area (Å²) in [7, 11) is 2.47. The van der Waals surface area contributed by atoms with Crippen molar-refractivity contribution < 1.29 is 42.2 Å². The van der Waals surface area contributed by atoms with E-state index in [1.54, 1.807) is 11.1 Å². The Kier molecular flexibility index (Phi) is 13.5. The van der Waals surface area contributed by atoms with Crippen LogP contribution in [0.15, 0.2) is 73.1 Å². The molecule has 1 aliphatic carbocycles. The van der Waals surface area contributed by atoms with Gasteiger partial charge in [0.15, 0.2) is 0 Å². The van der Waals surface area contributed by atoms with Gasteiger partial charge in [-0.1, -0.05) is 76.2 Å². The topological polar surface area (TPSA) is 184 Å². The summed E-state index contributed by atoms with van der Waals surface area (Å²) in [4.78, 5) is 72.5. The van der Waals surface area contributed by atoms with Gasteiger partial charge in [-0.2, -0.15) is 8.78 Å². The molecule has 15 nitrogen and oxygen atoms in total. The van der Waals surface area contributed by atoms with Gasteiger partial charge in [0, 0.05) is 24.6 Å². The number of amides is 4. The number of hydrogen-bond acceptors (Lipinski definition) is 9. The Bertz CT molecular complexity index is 2560. The highest BCUT2D eigenvalue weighted by molar-refractivity contribution is 5.91. The zero-order valence-corrected chi connectivity index (χ0v) is 38.1. The fourth-order valence-electron chi connectivity index (χ4n) is 9.84. The summed E-state index contributed by atoms with van der Waals surface area (Å²) in [5.74, 6) is 0.802. The zero-order valence-electron chi connectivity index (χ0n) is 38.1. The van der Waals surface area contributed by atoms with Crippen LogP contribution in [0, 0.1) is 17.3 Å². The summed E-state index contributed by atoms with van der Waals surface area (Å²) in [6.45, 7) is 5.11. The van der Waals surface area contributed by atoms with Crippen LogP contribution in [0.1, 0.15) is 90.0 Å². The number of alkyl carbamates (subject to hydrolysis) is 2. The minimum Gasteiger partial charge on any atom is -0.453 e. The van der Waals surface area contributed by atoms with Gasteiger partial charge in [0.05, 0.1) is 56.7 Å². The first-order valence-corrected chi connectivity index (χ1v) is 22.7. The molecule has 3 aromatic carbocycles. The number of fused-ring (bicyclic) bond motifs is 1. The molecule has 6 atom stereocenters. The smallest absolute Gasteiger partial charge is 0.407 e. The number of carbonyl (C=O) groups excluding carboxylic acids is 4. The number of rotatable bonds is 15. The second-order valence-corrected chi connectivity index (χ2v) is 18.3. The van der Waals surface area contributed by atoms with Crippen LogP contribution in [0.4, 0.5) is 18.4 Å². The zero-order chi connectivity index (χ0) is 46.9. The standard InChI is InChI=1S/C49H58F2N8O7/c1-7-35-20-28(4)41(59(35)45(61)40(27(2)3)57-48(63)65-6)43-53-24-37(55-43)30-10-8-29(9-11-30)31-12-13-33-22-34(15-14-32(33)21-31)38-25-52-42(54-38)39-23-49(17-18-49)26-58(39)44(60)36(56-47(62)64-5)16-19-66-46(50)51/h8-15,21-22,24-25,27-28,35-36,39-41,46H,7,16-20,23,26H2,1-6H3,(H,52,54)(H,53,55)(H,56,62)(H,57,63)/t28-,35+,36-,39-,40-,41-/m0/s1. The van der Waals surface area contributed by atoms with Gasteiger partial charge >= 0.3 is 18.8 Å². The predicted molar refractivity (Wildman–Crippen MR) is 243 cm³/mol. The largest absolute Gasteiger partial charge is 0.453 e. The van der Waals surface area contributed by atoms with E-state index in [0.717, 1.165) is 70.1 Å². The number of aromatic nitrogens is 4. The Morgan fingerprint density at radius 2 is 1.41 bits per heavy atom. The minimum absolute atomic E-state index is 0.0112. The Morgan fingerprint density at radius 3 is 2.05 bits per heavy atom. The molecule has 4 heterocycles. The molecule has 4 N–H and O–H groups in total. The van der Waals surface area contributed by atoms with Gasteiger partial charge in [-0.15, -0.1) is 0 Å². The van der Waals surface area contributed by atoms with Crippen LogP contribution in [-0.2, 0) is 23.8 Å².